The molecule has 0 radical (unpaired) electrons. The number of imidazole rings is 1. The summed E-state index contributed by atoms with van der Waals surface area (Å²) in [6.07, 6.45) is 4.30. The molecule has 0 spiro atoms. The smallest absolute Gasteiger partial charge is 0.228 e. The first-order chi connectivity index (χ1) is 16.4. The van der Waals surface area contributed by atoms with E-state index in [2.05, 4.69) is 42.1 Å². The number of hydrogen-bond donors (Lipinski definition) is 2. The monoisotopic (exact) mass is 589 g/mol. The van der Waals surface area contributed by atoms with E-state index in [1.54, 1.807) is 11.8 Å². The summed E-state index contributed by atoms with van der Waals surface area (Å²) in [5.41, 5.74) is 6.02. The molecule has 3 heterocycles. The van der Waals surface area contributed by atoms with Crippen molar-refractivity contribution < 1.29 is 9.53 Å². The zero-order chi connectivity index (χ0) is 24.0. The highest BCUT2D eigenvalue weighted by molar-refractivity contribution is 14.2. The molecular weight excluding hydrogens is 564 g/mol. The van der Waals surface area contributed by atoms with Crippen LogP contribution in [0.15, 0.2) is 30.5 Å². The van der Waals surface area contributed by atoms with Gasteiger partial charge in [-0.05, 0) is 66.4 Å². The minimum absolute atomic E-state index is 0.0187. The zero-order valence-corrected chi connectivity index (χ0v) is 22.5. The minimum Gasteiger partial charge on any atom is -0.495 e. The highest BCUT2D eigenvalue weighted by Gasteiger charge is 2.30. The first kappa shape index (κ1) is 23.0. The van der Waals surface area contributed by atoms with Crippen molar-refractivity contribution in [3.8, 4) is 17.0 Å². The first-order valence-corrected chi connectivity index (χ1v) is 15.0. The van der Waals surface area contributed by atoms with Gasteiger partial charge in [0.2, 0.25) is 5.91 Å². The highest BCUT2D eigenvalue weighted by Crippen LogP contribution is 2.38. The summed E-state index contributed by atoms with van der Waals surface area (Å²) in [6, 6.07) is 7.80. The lowest BCUT2D eigenvalue weighted by molar-refractivity contribution is -0.117. The number of hydrogen-bond acceptors (Lipinski definition) is 6. The van der Waals surface area contributed by atoms with Crippen LogP contribution in [0.2, 0.25) is 0 Å². The van der Waals surface area contributed by atoms with Gasteiger partial charge < -0.3 is 15.4 Å². The molecule has 1 saturated carbocycles. The van der Waals surface area contributed by atoms with Gasteiger partial charge in [-0.1, -0.05) is 6.07 Å². The number of methoxy groups -OCH3 is 1. The maximum atomic E-state index is 12.4. The number of aryl methyl sites for hydroxylation is 3. The van der Waals surface area contributed by atoms with Crippen LogP contribution < -0.4 is 15.4 Å². The van der Waals surface area contributed by atoms with Crippen molar-refractivity contribution in [2.75, 3.05) is 17.7 Å². The average molecular weight is 589 g/mol. The topological polar surface area (TPSA) is 98.9 Å². The summed E-state index contributed by atoms with van der Waals surface area (Å²) in [7, 11) is 3.56. The molecule has 3 aromatic heterocycles. The Morgan fingerprint density at radius 2 is 2.00 bits per heavy atom. The van der Waals surface area contributed by atoms with E-state index in [0.717, 1.165) is 58.0 Å². The van der Waals surface area contributed by atoms with Crippen molar-refractivity contribution >= 4 is 62.7 Å². The molecule has 34 heavy (non-hydrogen) atoms. The second-order valence-corrected chi connectivity index (χ2v) is 10.5. The number of carbonyl (C=O) groups is 1. The van der Waals surface area contributed by atoms with Crippen molar-refractivity contribution in [2.45, 2.75) is 26.7 Å². The van der Waals surface area contributed by atoms with Gasteiger partial charge >= 0.3 is 0 Å². The molecule has 0 saturated heterocycles. The highest BCUT2D eigenvalue weighted by atomic mass is 127. The molecule has 5 rings (SSSR count). The lowest BCUT2D eigenvalue weighted by Gasteiger charge is -2.14. The number of rotatable bonds is 7. The van der Waals surface area contributed by atoms with Gasteiger partial charge in [0, 0.05) is 30.8 Å². The second-order valence-electron chi connectivity index (χ2n) is 8.44. The van der Waals surface area contributed by atoms with Crippen molar-refractivity contribution in [3.05, 3.63) is 41.9 Å². The number of aromatic nitrogens is 5. The van der Waals surface area contributed by atoms with Gasteiger partial charge in [0.15, 0.2) is 5.65 Å². The molecule has 0 bridgehead atoms. The van der Waals surface area contributed by atoms with Crippen LogP contribution in [-0.4, -0.2) is 37.1 Å². The molecule has 1 atom stereocenters. The van der Waals surface area contributed by atoms with Gasteiger partial charge in [0.1, 0.15) is 22.9 Å². The number of benzene rings is 1. The molecule has 9 nitrogen and oxygen atoms in total. The Morgan fingerprint density at radius 1 is 1.21 bits per heavy atom. The van der Waals surface area contributed by atoms with E-state index < -0.39 is 0 Å². The van der Waals surface area contributed by atoms with E-state index in [1.807, 2.05) is 51.4 Å². The van der Waals surface area contributed by atoms with Crippen LogP contribution in [-0.2, 0) is 11.8 Å². The number of nitrogens with zero attached hydrogens (tertiary/aromatic N) is 5. The Hall–Kier alpha value is -2.72. The van der Waals surface area contributed by atoms with E-state index in [-0.39, 0.29) is 11.8 Å². The maximum Gasteiger partial charge on any atom is 0.228 e. The standard InChI is InChI=1S/C23H25IN7O2P/c1-12-11-30(3)29-20(12)15-7-8-16(18(9-15)33-4)26-17-10-19(28-23(32)14-5-6-14)27-22-21(17)25-13(2)31(22)34-24/h7-11,14,34H,5-6H2,1-4H3,(H2,26,27,28,32). The summed E-state index contributed by atoms with van der Waals surface area (Å²) in [4.78, 5) is 21.9. The van der Waals surface area contributed by atoms with E-state index >= 15 is 0 Å². The van der Waals surface area contributed by atoms with E-state index in [1.165, 1.54) is 0 Å². The van der Waals surface area contributed by atoms with Crippen LogP contribution in [0.4, 0.5) is 17.2 Å². The average Bonchev–Trinajstić information content (AvgIpc) is 3.54. The molecule has 1 fully saturated rings. The molecule has 0 aliphatic heterocycles. The van der Waals surface area contributed by atoms with Gasteiger partial charge in [0.25, 0.3) is 0 Å². The van der Waals surface area contributed by atoms with Crippen LogP contribution in [0.5, 0.6) is 5.75 Å². The molecule has 1 aromatic carbocycles. The normalized spacial score (nSPS) is 13.7. The molecule has 1 amide bonds. The van der Waals surface area contributed by atoms with Crippen molar-refractivity contribution in [3.63, 3.8) is 0 Å². The number of fused-ring (bicyclic) bond motifs is 1. The van der Waals surface area contributed by atoms with Crippen LogP contribution in [0.25, 0.3) is 22.4 Å². The molecular formula is C23H25IN7O2P. The summed E-state index contributed by atoms with van der Waals surface area (Å²) in [5.74, 6) is 2.18. The lowest BCUT2D eigenvalue weighted by atomic mass is 10.1. The fourth-order valence-electron chi connectivity index (χ4n) is 3.97. The van der Waals surface area contributed by atoms with Crippen molar-refractivity contribution in [1.82, 2.24) is 24.1 Å². The third kappa shape index (κ3) is 4.36. The fraction of sp³-hybridized carbons (Fsp3) is 0.304. The third-order valence-corrected chi connectivity index (χ3v) is 7.98. The molecule has 176 valence electrons. The number of amides is 1. The van der Waals surface area contributed by atoms with Gasteiger partial charge in [-0.15, -0.1) is 0 Å². The molecule has 1 unspecified atom stereocenters. The summed E-state index contributed by atoms with van der Waals surface area (Å²) in [5, 5.41) is 11.0. The van der Waals surface area contributed by atoms with Gasteiger partial charge in [0.05, 0.1) is 30.6 Å². The molecule has 11 heteroatoms. The summed E-state index contributed by atoms with van der Waals surface area (Å²) in [6.45, 7) is 4.00. The fourth-order valence-corrected chi connectivity index (χ4v) is 6.11. The minimum atomic E-state index is 0.0187. The molecule has 1 aliphatic carbocycles. The third-order valence-electron chi connectivity index (χ3n) is 5.82. The number of pyridine rings is 1. The van der Waals surface area contributed by atoms with Crippen LogP contribution >= 0.6 is 28.4 Å². The lowest BCUT2D eigenvalue weighted by Crippen LogP contribution is -2.14. The number of ether oxygens (including phenoxy) is 1. The van der Waals surface area contributed by atoms with Gasteiger partial charge in [-0.3, -0.25) is 13.8 Å². The zero-order valence-electron chi connectivity index (χ0n) is 19.3. The van der Waals surface area contributed by atoms with Gasteiger partial charge in [-0.2, -0.15) is 5.10 Å². The maximum absolute atomic E-state index is 12.4. The SMILES string of the molecule is COc1cc(-c2nn(C)cc2C)ccc1Nc1cc(NC(=O)C2CC2)nc2c1nc(C)n2PI. The Morgan fingerprint density at radius 3 is 2.65 bits per heavy atom. The predicted molar refractivity (Wildman–Crippen MR) is 145 cm³/mol. The number of halogens is 1. The van der Waals surface area contributed by atoms with Gasteiger partial charge in [-0.25, -0.2) is 9.97 Å². The Labute approximate surface area is 212 Å². The van der Waals surface area contributed by atoms with E-state index in [0.29, 0.717) is 17.9 Å². The number of anilines is 3. The first-order valence-electron chi connectivity index (χ1n) is 10.9. The van der Waals surface area contributed by atoms with Crippen LogP contribution in [0.1, 0.15) is 24.2 Å². The van der Waals surface area contributed by atoms with Crippen molar-refractivity contribution in [1.29, 1.82) is 0 Å². The van der Waals surface area contributed by atoms with Crippen LogP contribution in [0, 0.1) is 19.8 Å². The Bertz CT molecular complexity index is 1410. The molecule has 1 aliphatic rings. The van der Waals surface area contributed by atoms with E-state index in [9.17, 15) is 4.79 Å². The van der Waals surface area contributed by atoms with E-state index in [4.69, 9.17) is 14.7 Å². The number of nitrogens with one attached hydrogen (secondary N) is 2. The molecule has 4 aromatic rings. The Balaban J connectivity index is 1.55. The summed E-state index contributed by atoms with van der Waals surface area (Å²) >= 11 is 2.32. The molecule has 2 N–H and O–H groups in total. The predicted octanol–water partition coefficient (Wildman–Crippen LogP) is 5.34. The number of carbonyl (C=O) groups excluding carboxylic acids is 1. The quantitative estimate of drug-likeness (QED) is 0.223. The van der Waals surface area contributed by atoms with Crippen molar-refractivity contribution in [2.24, 2.45) is 13.0 Å². The van der Waals surface area contributed by atoms with Crippen LogP contribution in [0.3, 0.4) is 0 Å². The largest absolute Gasteiger partial charge is 0.495 e. The Kier molecular flexibility index (Phi) is 6.20. The second kappa shape index (κ2) is 9.14. The summed E-state index contributed by atoms with van der Waals surface area (Å²) < 4.78 is 9.58.